The summed E-state index contributed by atoms with van der Waals surface area (Å²) in [5.41, 5.74) is 3.62. The summed E-state index contributed by atoms with van der Waals surface area (Å²) in [7, 11) is 1.61. The monoisotopic (exact) mass is 476 g/mol. The fraction of sp³-hybridized carbons (Fsp3) is 0.269. The zero-order valence-corrected chi connectivity index (χ0v) is 20.4. The minimum Gasteiger partial charge on any atom is -0.497 e. The van der Waals surface area contributed by atoms with Gasteiger partial charge in [-0.2, -0.15) is 0 Å². The molecular formula is C26H28N4O3S. The van der Waals surface area contributed by atoms with Crippen LogP contribution in [0.25, 0.3) is 22.2 Å². The van der Waals surface area contributed by atoms with E-state index in [1.165, 1.54) is 11.8 Å². The minimum atomic E-state index is -0.173. The van der Waals surface area contributed by atoms with Gasteiger partial charge in [0.15, 0.2) is 5.16 Å². The molecule has 7 nitrogen and oxygen atoms in total. The van der Waals surface area contributed by atoms with Crippen LogP contribution in [0.1, 0.15) is 19.4 Å². The fourth-order valence-corrected chi connectivity index (χ4v) is 4.80. The number of H-pyrrole nitrogens is 1. The van der Waals surface area contributed by atoms with Crippen LogP contribution >= 0.6 is 11.8 Å². The lowest BCUT2D eigenvalue weighted by Crippen LogP contribution is -2.32. The summed E-state index contributed by atoms with van der Waals surface area (Å²) in [6, 6.07) is 17.4. The highest BCUT2D eigenvalue weighted by molar-refractivity contribution is 7.99. The van der Waals surface area contributed by atoms with Crippen molar-refractivity contribution in [2.45, 2.75) is 25.5 Å². The van der Waals surface area contributed by atoms with E-state index in [2.05, 4.69) is 4.98 Å². The first-order valence-electron chi connectivity index (χ1n) is 11.3. The molecular weight excluding hydrogens is 448 g/mol. The van der Waals surface area contributed by atoms with Gasteiger partial charge in [-0.25, -0.2) is 4.98 Å². The van der Waals surface area contributed by atoms with Crippen molar-refractivity contribution in [3.8, 4) is 16.9 Å². The van der Waals surface area contributed by atoms with Crippen LogP contribution in [0.5, 0.6) is 5.75 Å². The van der Waals surface area contributed by atoms with Crippen LogP contribution in [0.4, 0.5) is 0 Å². The summed E-state index contributed by atoms with van der Waals surface area (Å²) in [6.45, 7) is 5.53. The molecule has 0 saturated heterocycles. The number of carbonyl (C=O) groups is 1. The molecule has 4 rings (SSSR count). The summed E-state index contributed by atoms with van der Waals surface area (Å²) in [5.74, 6) is 0.953. The number of hydrogen-bond donors (Lipinski definition) is 1. The number of fused-ring (bicyclic) bond motifs is 1. The second-order valence-electron chi connectivity index (χ2n) is 7.78. The molecule has 4 aromatic rings. The molecule has 34 heavy (non-hydrogen) atoms. The molecule has 0 unspecified atom stereocenters. The lowest BCUT2D eigenvalue weighted by molar-refractivity contribution is -0.127. The average molecular weight is 477 g/mol. The minimum absolute atomic E-state index is 0.0228. The van der Waals surface area contributed by atoms with E-state index in [1.54, 1.807) is 16.6 Å². The van der Waals surface area contributed by atoms with Gasteiger partial charge in [0.1, 0.15) is 16.8 Å². The predicted octanol–water partition coefficient (Wildman–Crippen LogP) is 4.41. The lowest BCUT2D eigenvalue weighted by atomic mass is 10.1. The van der Waals surface area contributed by atoms with Crippen molar-refractivity contribution in [2.75, 3.05) is 26.0 Å². The first-order valence-corrected chi connectivity index (χ1v) is 12.2. The Hall–Kier alpha value is -3.52. The molecule has 8 heteroatoms. The van der Waals surface area contributed by atoms with Gasteiger partial charge in [-0.1, -0.05) is 54.2 Å². The number of aromatic nitrogens is 3. The Labute approximate surface area is 202 Å². The van der Waals surface area contributed by atoms with Crippen molar-refractivity contribution in [3.05, 3.63) is 76.7 Å². The van der Waals surface area contributed by atoms with E-state index in [9.17, 15) is 9.59 Å². The topological polar surface area (TPSA) is 80.2 Å². The number of benzene rings is 2. The number of ether oxygens (including phenoxy) is 1. The first kappa shape index (κ1) is 23.6. The Kier molecular flexibility index (Phi) is 7.37. The second kappa shape index (κ2) is 10.6. The van der Waals surface area contributed by atoms with E-state index in [0.29, 0.717) is 35.8 Å². The highest BCUT2D eigenvalue weighted by atomic mass is 32.2. The maximum absolute atomic E-state index is 13.6. The molecule has 2 heterocycles. The van der Waals surface area contributed by atoms with Crippen LogP contribution in [-0.4, -0.2) is 51.3 Å². The number of aromatic amines is 1. The van der Waals surface area contributed by atoms with Crippen LogP contribution in [0.3, 0.4) is 0 Å². The predicted molar refractivity (Wildman–Crippen MR) is 137 cm³/mol. The third kappa shape index (κ3) is 4.87. The third-order valence-electron chi connectivity index (χ3n) is 5.75. The summed E-state index contributed by atoms with van der Waals surface area (Å²) < 4.78 is 6.97. The van der Waals surface area contributed by atoms with Crippen LogP contribution in [0, 0.1) is 0 Å². The summed E-state index contributed by atoms with van der Waals surface area (Å²) in [4.78, 5) is 36.1. The second-order valence-corrected chi connectivity index (χ2v) is 8.73. The van der Waals surface area contributed by atoms with Gasteiger partial charge in [0.05, 0.1) is 19.4 Å². The van der Waals surface area contributed by atoms with E-state index in [-0.39, 0.29) is 17.2 Å². The summed E-state index contributed by atoms with van der Waals surface area (Å²) in [5, 5.41) is 0.512. The molecule has 2 aromatic carbocycles. The molecule has 1 N–H and O–H groups in total. The number of nitrogens with zero attached hydrogens (tertiary/aromatic N) is 3. The van der Waals surface area contributed by atoms with Crippen LogP contribution in [0.15, 0.2) is 70.7 Å². The largest absolute Gasteiger partial charge is 0.497 e. The van der Waals surface area contributed by atoms with E-state index >= 15 is 0 Å². The number of thioether (sulfide) groups is 1. The summed E-state index contributed by atoms with van der Waals surface area (Å²) in [6.07, 6.45) is 1.82. The van der Waals surface area contributed by atoms with Crippen molar-refractivity contribution < 1.29 is 9.53 Å². The quantitative estimate of drug-likeness (QED) is 0.286. The molecule has 0 aliphatic rings. The van der Waals surface area contributed by atoms with E-state index in [0.717, 1.165) is 22.4 Å². The Balaban J connectivity index is 1.79. The number of carbonyl (C=O) groups excluding carboxylic acids is 1. The van der Waals surface area contributed by atoms with Crippen molar-refractivity contribution in [2.24, 2.45) is 0 Å². The van der Waals surface area contributed by atoms with Gasteiger partial charge in [0.2, 0.25) is 5.91 Å². The van der Waals surface area contributed by atoms with Crippen LogP contribution < -0.4 is 10.3 Å². The van der Waals surface area contributed by atoms with E-state index in [4.69, 9.17) is 9.72 Å². The molecule has 0 aliphatic carbocycles. The Morgan fingerprint density at radius 3 is 2.59 bits per heavy atom. The molecule has 0 atom stereocenters. The highest BCUT2D eigenvalue weighted by Crippen LogP contribution is 2.28. The fourth-order valence-electron chi connectivity index (χ4n) is 3.91. The Morgan fingerprint density at radius 2 is 1.88 bits per heavy atom. The molecule has 0 fully saturated rings. The van der Waals surface area contributed by atoms with Gasteiger partial charge < -0.3 is 14.6 Å². The van der Waals surface area contributed by atoms with Gasteiger partial charge in [-0.05, 0) is 37.1 Å². The van der Waals surface area contributed by atoms with E-state index in [1.807, 2.05) is 74.6 Å². The number of methoxy groups -OCH3 is 1. The number of rotatable bonds is 9. The first-order chi connectivity index (χ1) is 16.5. The SMILES string of the molecule is CCN(CC)C(=O)CSc1nc2c(-c3ccccc3)c[nH]c2c(=O)n1Cc1cccc(OC)c1. The number of amides is 1. The number of hydrogen-bond acceptors (Lipinski definition) is 5. The molecule has 0 bridgehead atoms. The highest BCUT2D eigenvalue weighted by Gasteiger charge is 2.19. The van der Waals surface area contributed by atoms with Gasteiger partial charge in [-0.15, -0.1) is 0 Å². The molecule has 2 aromatic heterocycles. The van der Waals surface area contributed by atoms with Crippen LogP contribution in [0.2, 0.25) is 0 Å². The standard InChI is InChI=1S/C26H28N4O3S/c1-4-29(5-2)22(31)17-34-26-28-23-21(19-11-7-6-8-12-19)15-27-24(23)25(32)30(26)16-18-10-9-13-20(14-18)33-3/h6-15,27H,4-5,16-17H2,1-3H3. The normalized spacial score (nSPS) is 11.0. The van der Waals surface area contributed by atoms with Gasteiger partial charge in [-0.3, -0.25) is 14.2 Å². The molecule has 1 amide bonds. The van der Waals surface area contributed by atoms with Gasteiger partial charge in [0, 0.05) is 24.8 Å². The maximum Gasteiger partial charge on any atom is 0.278 e. The van der Waals surface area contributed by atoms with Crippen molar-refractivity contribution >= 4 is 28.7 Å². The van der Waals surface area contributed by atoms with Gasteiger partial charge >= 0.3 is 0 Å². The number of nitrogens with one attached hydrogen (secondary N) is 1. The van der Waals surface area contributed by atoms with Crippen LogP contribution in [-0.2, 0) is 11.3 Å². The maximum atomic E-state index is 13.6. The average Bonchev–Trinajstić information content (AvgIpc) is 3.30. The van der Waals surface area contributed by atoms with Crippen molar-refractivity contribution in [3.63, 3.8) is 0 Å². The molecule has 0 saturated carbocycles. The smallest absolute Gasteiger partial charge is 0.278 e. The molecule has 0 radical (unpaired) electrons. The van der Waals surface area contributed by atoms with Crippen molar-refractivity contribution in [1.82, 2.24) is 19.4 Å². The third-order valence-corrected chi connectivity index (χ3v) is 6.71. The zero-order valence-electron chi connectivity index (χ0n) is 19.6. The molecule has 0 aliphatic heterocycles. The summed E-state index contributed by atoms with van der Waals surface area (Å²) >= 11 is 1.30. The van der Waals surface area contributed by atoms with Gasteiger partial charge in [0.25, 0.3) is 5.56 Å². The molecule has 0 spiro atoms. The Morgan fingerprint density at radius 1 is 1.12 bits per heavy atom. The lowest BCUT2D eigenvalue weighted by Gasteiger charge is -2.19. The Bertz CT molecular complexity index is 1340. The zero-order chi connectivity index (χ0) is 24.1. The molecule has 176 valence electrons. The van der Waals surface area contributed by atoms with Crippen molar-refractivity contribution in [1.29, 1.82) is 0 Å². The van der Waals surface area contributed by atoms with E-state index < -0.39 is 0 Å².